The third-order valence-electron chi connectivity index (χ3n) is 4.10. The highest BCUT2D eigenvalue weighted by molar-refractivity contribution is 6.90. The van der Waals surface area contributed by atoms with Gasteiger partial charge in [0.2, 0.25) is 0 Å². The molecule has 0 bridgehead atoms. The fraction of sp³-hybridized carbons (Fsp3) is 0.350. The highest BCUT2D eigenvalue weighted by Gasteiger charge is 2.37. The summed E-state index contributed by atoms with van der Waals surface area (Å²) in [5, 5.41) is 5.05. The maximum Gasteiger partial charge on any atom is 0.407 e. The van der Waals surface area contributed by atoms with E-state index in [1.165, 1.54) is 5.19 Å². The zero-order valence-corrected chi connectivity index (χ0v) is 17.2. The molecule has 0 saturated heterocycles. The largest absolute Gasteiger partial charge is 0.444 e. The predicted molar refractivity (Wildman–Crippen MR) is 107 cm³/mol. The van der Waals surface area contributed by atoms with Crippen molar-refractivity contribution in [2.45, 2.75) is 45.1 Å². The summed E-state index contributed by atoms with van der Waals surface area (Å²) in [7, 11) is -2.06. The second-order valence-electron chi connectivity index (χ2n) is 7.72. The van der Waals surface area contributed by atoms with Crippen LogP contribution in [0.4, 0.5) is 4.79 Å². The van der Waals surface area contributed by atoms with Crippen molar-refractivity contribution in [3.63, 3.8) is 0 Å². The van der Waals surface area contributed by atoms with Crippen molar-refractivity contribution in [2.24, 2.45) is 0 Å². The highest BCUT2D eigenvalue weighted by atomic mass is 35.5. The molecule has 1 N–H and O–H groups in total. The first-order valence-electron chi connectivity index (χ1n) is 8.40. The molecule has 0 aliphatic carbocycles. The maximum absolute atomic E-state index is 12.5. The standard InChI is InChI=1S/C20H26ClNO2Si/c1-20(2,3)24-19(23)22-18(15-11-13-16(21)14-12-15)25(4,5)17-9-7-6-8-10-17/h6-14,18H,1-5H3,(H,22,23). The maximum atomic E-state index is 12.5. The summed E-state index contributed by atoms with van der Waals surface area (Å²) >= 11 is 6.04. The number of hydrogen-bond acceptors (Lipinski definition) is 2. The van der Waals surface area contributed by atoms with Crippen LogP contribution in [0.5, 0.6) is 0 Å². The van der Waals surface area contributed by atoms with Gasteiger partial charge in [0.1, 0.15) is 13.7 Å². The molecule has 0 aromatic heterocycles. The Balaban J connectivity index is 2.38. The fourth-order valence-corrected chi connectivity index (χ4v) is 5.81. The smallest absolute Gasteiger partial charge is 0.407 e. The van der Waals surface area contributed by atoms with E-state index in [0.717, 1.165) is 5.56 Å². The van der Waals surface area contributed by atoms with Gasteiger partial charge >= 0.3 is 6.09 Å². The second kappa shape index (κ2) is 7.62. The molecule has 25 heavy (non-hydrogen) atoms. The summed E-state index contributed by atoms with van der Waals surface area (Å²) in [6, 6.07) is 18.0. The lowest BCUT2D eigenvalue weighted by Crippen LogP contribution is -2.54. The Morgan fingerprint density at radius 1 is 1.04 bits per heavy atom. The number of carbonyl (C=O) groups excluding carboxylic acids is 1. The van der Waals surface area contributed by atoms with E-state index in [4.69, 9.17) is 16.3 Å². The minimum atomic E-state index is -2.06. The summed E-state index contributed by atoms with van der Waals surface area (Å²) in [5.74, 6) is 0. The van der Waals surface area contributed by atoms with Crippen molar-refractivity contribution >= 4 is 31.0 Å². The monoisotopic (exact) mass is 375 g/mol. The first-order chi connectivity index (χ1) is 11.6. The van der Waals surface area contributed by atoms with Crippen molar-refractivity contribution in [3.8, 4) is 0 Å². The highest BCUT2D eigenvalue weighted by Crippen LogP contribution is 2.26. The predicted octanol–water partition coefficient (Wildman–Crippen LogP) is 5.06. The van der Waals surface area contributed by atoms with Crippen molar-refractivity contribution in [3.05, 3.63) is 65.2 Å². The number of halogens is 1. The Morgan fingerprint density at radius 2 is 1.60 bits per heavy atom. The molecule has 5 heteroatoms. The van der Waals surface area contributed by atoms with E-state index in [0.29, 0.717) is 5.02 Å². The number of ether oxygens (including phenoxy) is 1. The first-order valence-corrected chi connectivity index (χ1v) is 11.9. The van der Waals surface area contributed by atoms with Gasteiger partial charge in [-0.05, 0) is 38.5 Å². The van der Waals surface area contributed by atoms with Crippen LogP contribution in [0.15, 0.2) is 54.6 Å². The number of nitrogens with one attached hydrogen (secondary N) is 1. The molecule has 134 valence electrons. The third kappa shape index (κ3) is 5.35. The second-order valence-corrected chi connectivity index (χ2v) is 12.8. The molecule has 1 amide bonds. The van der Waals surface area contributed by atoms with Gasteiger partial charge in [-0.2, -0.15) is 0 Å². The number of benzene rings is 2. The summed E-state index contributed by atoms with van der Waals surface area (Å²) in [6.07, 6.45) is -0.399. The normalized spacial score (nSPS) is 13.2. The van der Waals surface area contributed by atoms with Gasteiger partial charge in [0.05, 0.1) is 5.67 Å². The van der Waals surface area contributed by atoms with Crippen LogP contribution >= 0.6 is 11.6 Å². The Bertz CT molecular complexity index is 709. The zero-order valence-electron chi connectivity index (χ0n) is 15.5. The lowest BCUT2D eigenvalue weighted by Gasteiger charge is -2.34. The molecule has 0 fully saturated rings. The van der Waals surface area contributed by atoms with Crippen molar-refractivity contribution in [2.75, 3.05) is 0 Å². The van der Waals surface area contributed by atoms with Gasteiger partial charge in [0.15, 0.2) is 0 Å². The van der Waals surface area contributed by atoms with Gasteiger partial charge in [-0.1, -0.05) is 72.3 Å². The van der Waals surface area contributed by atoms with Crippen LogP contribution in [0.3, 0.4) is 0 Å². The van der Waals surface area contributed by atoms with Crippen LogP contribution in [0.2, 0.25) is 18.1 Å². The molecule has 2 rings (SSSR count). The third-order valence-corrected chi connectivity index (χ3v) is 8.10. The molecule has 0 spiro atoms. The van der Waals surface area contributed by atoms with Crippen molar-refractivity contribution in [1.29, 1.82) is 0 Å². The summed E-state index contributed by atoms with van der Waals surface area (Å²) in [4.78, 5) is 12.5. The number of alkyl carbamates (subject to hydrolysis) is 1. The Morgan fingerprint density at radius 3 is 2.12 bits per heavy atom. The Kier molecular flexibility index (Phi) is 5.96. The average molecular weight is 376 g/mol. The van der Waals surface area contributed by atoms with Gasteiger partial charge in [0, 0.05) is 5.02 Å². The van der Waals surface area contributed by atoms with E-state index in [-0.39, 0.29) is 5.67 Å². The summed E-state index contributed by atoms with van der Waals surface area (Å²) in [6.45, 7) is 10.1. The Labute approximate surface area is 156 Å². The molecule has 0 radical (unpaired) electrons. The van der Waals surface area contributed by atoms with Crippen LogP contribution in [-0.2, 0) is 4.74 Å². The molecule has 0 aliphatic rings. The van der Waals surface area contributed by atoms with E-state index in [2.05, 4.69) is 30.5 Å². The van der Waals surface area contributed by atoms with E-state index in [1.54, 1.807) is 0 Å². The van der Waals surface area contributed by atoms with E-state index < -0.39 is 19.8 Å². The SMILES string of the molecule is CC(C)(C)OC(=O)NC(c1ccc(Cl)cc1)[Si](C)(C)c1ccccc1. The summed E-state index contributed by atoms with van der Waals surface area (Å²) < 4.78 is 5.49. The molecular weight excluding hydrogens is 350 g/mol. The van der Waals surface area contributed by atoms with Crippen LogP contribution in [0.25, 0.3) is 0 Å². The van der Waals surface area contributed by atoms with Crippen molar-refractivity contribution in [1.82, 2.24) is 5.32 Å². The van der Waals surface area contributed by atoms with Gasteiger partial charge in [-0.3, -0.25) is 0 Å². The fourth-order valence-electron chi connectivity index (χ4n) is 2.80. The Hall–Kier alpha value is -1.78. The number of carbonyl (C=O) groups is 1. The van der Waals surface area contributed by atoms with Crippen LogP contribution in [0, 0.1) is 0 Å². The average Bonchev–Trinajstić information content (AvgIpc) is 2.53. The van der Waals surface area contributed by atoms with E-state index in [1.807, 2.05) is 63.2 Å². The van der Waals surface area contributed by atoms with Gasteiger partial charge in [-0.25, -0.2) is 4.79 Å². The molecule has 1 unspecified atom stereocenters. The molecule has 2 aromatic rings. The number of rotatable bonds is 4. The minimum absolute atomic E-state index is 0.123. The molecule has 0 heterocycles. The van der Waals surface area contributed by atoms with Crippen molar-refractivity contribution < 1.29 is 9.53 Å². The van der Waals surface area contributed by atoms with Crippen LogP contribution < -0.4 is 10.5 Å². The molecule has 2 aromatic carbocycles. The zero-order chi connectivity index (χ0) is 18.7. The quantitative estimate of drug-likeness (QED) is 0.758. The molecule has 0 aliphatic heterocycles. The van der Waals surface area contributed by atoms with Gasteiger partial charge < -0.3 is 10.1 Å². The van der Waals surface area contributed by atoms with Crippen LogP contribution in [-0.4, -0.2) is 19.8 Å². The lowest BCUT2D eigenvalue weighted by atomic mass is 10.2. The number of hydrogen-bond donors (Lipinski definition) is 1. The van der Waals surface area contributed by atoms with Crippen LogP contribution in [0.1, 0.15) is 32.0 Å². The molecule has 1 atom stereocenters. The topological polar surface area (TPSA) is 38.3 Å². The number of amides is 1. The summed E-state index contributed by atoms with van der Waals surface area (Å²) in [5.41, 5.74) is 0.380. The minimum Gasteiger partial charge on any atom is -0.444 e. The first kappa shape index (κ1) is 19.5. The molecular formula is C20H26ClNO2Si. The van der Waals surface area contributed by atoms with Gasteiger partial charge in [0.25, 0.3) is 0 Å². The molecule has 0 saturated carbocycles. The molecule has 3 nitrogen and oxygen atoms in total. The lowest BCUT2D eigenvalue weighted by molar-refractivity contribution is 0.0518. The van der Waals surface area contributed by atoms with E-state index >= 15 is 0 Å². The van der Waals surface area contributed by atoms with E-state index in [9.17, 15) is 4.79 Å². The van der Waals surface area contributed by atoms with Gasteiger partial charge in [-0.15, -0.1) is 0 Å².